The number of rotatable bonds is 8. The summed E-state index contributed by atoms with van der Waals surface area (Å²) in [4.78, 5) is 0. The smallest absolute Gasteiger partial charge is 0.207 e. The molecule has 3 rings (SSSR count). The monoisotopic (exact) mass is 380 g/mol. The first-order chi connectivity index (χ1) is 13.6. The normalized spacial score (nSPS) is 10.9. The van der Waals surface area contributed by atoms with Crippen LogP contribution in [-0.4, -0.2) is 6.71 Å². The van der Waals surface area contributed by atoms with Gasteiger partial charge in [0, 0.05) is 0 Å². The van der Waals surface area contributed by atoms with Crippen LogP contribution in [0.4, 0.5) is 13.2 Å². The van der Waals surface area contributed by atoms with E-state index in [2.05, 4.69) is 6.92 Å². The Bertz CT molecular complexity index is 878. The van der Waals surface area contributed by atoms with Crippen molar-refractivity contribution in [3.05, 3.63) is 89.7 Å². The molecule has 144 valence electrons. The second kappa shape index (κ2) is 9.63. The third kappa shape index (κ3) is 4.86. The van der Waals surface area contributed by atoms with E-state index in [1.807, 2.05) is 18.2 Å². The summed E-state index contributed by atoms with van der Waals surface area (Å²) < 4.78 is 42.7. The Morgan fingerprint density at radius 1 is 0.714 bits per heavy atom. The zero-order valence-corrected chi connectivity index (χ0v) is 16.1. The Morgan fingerprint density at radius 3 is 1.89 bits per heavy atom. The summed E-state index contributed by atoms with van der Waals surface area (Å²) in [7, 11) is 0. The largest absolute Gasteiger partial charge is 0.241 e. The molecule has 0 aromatic heterocycles. The molecule has 0 amide bonds. The predicted octanol–water partition coefficient (Wildman–Crippen LogP) is 4.74. The van der Waals surface area contributed by atoms with Crippen LogP contribution >= 0.6 is 0 Å². The average Bonchev–Trinajstić information content (AvgIpc) is 2.67. The Labute approximate surface area is 165 Å². The molecule has 3 aromatic carbocycles. The summed E-state index contributed by atoms with van der Waals surface area (Å²) in [5.41, 5.74) is 2.78. The molecule has 0 fully saturated rings. The maximum atomic E-state index is 14.8. The van der Waals surface area contributed by atoms with Crippen LogP contribution in [0.25, 0.3) is 0 Å². The standard InChI is InChI=1S/C24H24BF3/c1-2-3-4-5-13-22-23(14-8-15-24(22)28)25(18-9-6-11-20(26)16-18)19-10-7-12-21(27)17-19/h6-12,14-17H,2-5,13H2,1H3. The van der Waals surface area contributed by atoms with Crippen LogP contribution in [0.3, 0.4) is 0 Å². The SMILES string of the molecule is CCCCCCc1c(F)cccc1B(c1cccc(F)c1)c1cccc(F)c1. The fourth-order valence-electron chi connectivity index (χ4n) is 3.76. The molecule has 0 heterocycles. The van der Waals surface area contributed by atoms with E-state index >= 15 is 0 Å². The molecule has 0 aliphatic rings. The molecule has 0 radical (unpaired) electrons. The van der Waals surface area contributed by atoms with Gasteiger partial charge < -0.3 is 0 Å². The van der Waals surface area contributed by atoms with E-state index in [0.29, 0.717) is 22.9 Å². The summed E-state index contributed by atoms with van der Waals surface area (Å²) in [6.45, 7) is 1.71. The summed E-state index contributed by atoms with van der Waals surface area (Å²) in [6.07, 6.45) is 4.76. The highest BCUT2D eigenvalue weighted by Crippen LogP contribution is 2.12. The number of halogens is 3. The van der Waals surface area contributed by atoms with E-state index in [9.17, 15) is 13.2 Å². The maximum Gasteiger partial charge on any atom is 0.241 e. The molecule has 0 bridgehead atoms. The molecule has 28 heavy (non-hydrogen) atoms. The molecule has 0 nitrogen and oxygen atoms in total. The maximum absolute atomic E-state index is 14.8. The van der Waals surface area contributed by atoms with Crippen LogP contribution < -0.4 is 16.4 Å². The van der Waals surface area contributed by atoms with Gasteiger partial charge in [-0.3, -0.25) is 0 Å². The van der Waals surface area contributed by atoms with E-state index < -0.39 is 6.71 Å². The van der Waals surface area contributed by atoms with Gasteiger partial charge in [0.15, 0.2) is 0 Å². The summed E-state index contributed by atoms with van der Waals surface area (Å²) in [5, 5.41) is 0. The van der Waals surface area contributed by atoms with Crippen molar-refractivity contribution < 1.29 is 13.2 Å². The van der Waals surface area contributed by atoms with Gasteiger partial charge in [-0.15, -0.1) is 0 Å². The number of benzene rings is 3. The predicted molar refractivity (Wildman–Crippen MR) is 112 cm³/mol. The van der Waals surface area contributed by atoms with Gasteiger partial charge in [-0.2, -0.15) is 0 Å². The van der Waals surface area contributed by atoms with Crippen LogP contribution in [0.15, 0.2) is 66.7 Å². The van der Waals surface area contributed by atoms with Gasteiger partial charge in [0.05, 0.1) is 0 Å². The second-order valence-corrected chi connectivity index (χ2v) is 7.16. The van der Waals surface area contributed by atoms with Crippen molar-refractivity contribution in [2.45, 2.75) is 39.0 Å². The molecule has 0 atom stereocenters. The van der Waals surface area contributed by atoms with E-state index in [0.717, 1.165) is 31.1 Å². The quantitative estimate of drug-likeness (QED) is 0.391. The Balaban J connectivity index is 2.09. The molecule has 0 spiro atoms. The van der Waals surface area contributed by atoms with Gasteiger partial charge in [-0.05, 0) is 48.7 Å². The van der Waals surface area contributed by atoms with Crippen molar-refractivity contribution in [2.24, 2.45) is 0 Å². The highest BCUT2D eigenvalue weighted by atomic mass is 19.1. The molecule has 0 aliphatic heterocycles. The van der Waals surface area contributed by atoms with Crippen LogP contribution in [0.1, 0.15) is 38.2 Å². The Morgan fingerprint density at radius 2 is 1.32 bits per heavy atom. The van der Waals surface area contributed by atoms with Gasteiger partial charge in [0.1, 0.15) is 17.5 Å². The molecular formula is C24H24BF3. The minimum absolute atomic E-state index is 0.258. The first-order valence-corrected chi connectivity index (χ1v) is 9.88. The zero-order valence-electron chi connectivity index (χ0n) is 16.1. The Kier molecular flexibility index (Phi) is 6.97. The first kappa shape index (κ1) is 20.3. The van der Waals surface area contributed by atoms with Crippen LogP contribution in [0, 0.1) is 17.5 Å². The summed E-state index contributed by atoms with van der Waals surface area (Å²) in [6, 6.07) is 17.6. The van der Waals surface area contributed by atoms with Crippen molar-refractivity contribution in [3.8, 4) is 0 Å². The van der Waals surface area contributed by atoms with Crippen molar-refractivity contribution in [2.75, 3.05) is 0 Å². The minimum atomic E-state index is -0.428. The second-order valence-electron chi connectivity index (χ2n) is 7.16. The molecule has 0 unspecified atom stereocenters. The lowest BCUT2D eigenvalue weighted by Gasteiger charge is -2.20. The van der Waals surface area contributed by atoms with Crippen molar-refractivity contribution in [1.82, 2.24) is 0 Å². The van der Waals surface area contributed by atoms with Gasteiger partial charge in [-0.25, -0.2) is 13.2 Å². The fraction of sp³-hybridized carbons (Fsp3) is 0.250. The third-order valence-electron chi connectivity index (χ3n) is 5.11. The Hall–Kier alpha value is -2.49. The van der Waals surface area contributed by atoms with Gasteiger partial charge in [-0.1, -0.05) is 79.0 Å². The molecule has 4 heteroatoms. The molecule has 3 aromatic rings. The first-order valence-electron chi connectivity index (χ1n) is 9.88. The van der Waals surface area contributed by atoms with Crippen LogP contribution in [0.2, 0.25) is 0 Å². The lowest BCUT2D eigenvalue weighted by molar-refractivity contribution is 0.596. The van der Waals surface area contributed by atoms with E-state index in [1.54, 1.807) is 18.2 Å². The molecule has 0 saturated heterocycles. The van der Waals surface area contributed by atoms with Gasteiger partial charge in [0.25, 0.3) is 0 Å². The zero-order chi connectivity index (χ0) is 19.9. The lowest BCUT2D eigenvalue weighted by atomic mass is 9.36. The number of unbranched alkanes of at least 4 members (excludes halogenated alkanes) is 3. The highest BCUT2D eigenvalue weighted by Gasteiger charge is 2.26. The van der Waals surface area contributed by atoms with Gasteiger partial charge >= 0.3 is 0 Å². The summed E-state index contributed by atoms with van der Waals surface area (Å²) in [5.74, 6) is -0.980. The van der Waals surface area contributed by atoms with E-state index in [4.69, 9.17) is 0 Å². The molecular weight excluding hydrogens is 356 g/mol. The van der Waals surface area contributed by atoms with E-state index in [1.165, 1.54) is 30.3 Å². The number of hydrogen-bond donors (Lipinski definition) is 0. The summed E-state index contributed by atoms with van der Waals surface area (Å²) >= 11 is 0. The van der Waals surface area contributed by atoms with Gasteiger partial charge in [0.2, 0.25) is 6.71 Å². The highest BCUT2D eigenvalue weighted by molar-refractivity contribution is 6.95. The minimum Gasteiger partial charge on any atom is -0.207 e. The van der Waals surface area contributed by atoms with Crippen molar-refractivity contribution in [1.29, 1.82) is 0 Å². The van der Waals surface area contributed by atoms with E-state index in [-0.39, 0.29) is 17.5 Å². The average molecular weight is 380 g/mol. The third-order valence-corrected chi connectivity index (χ3v) is 5.11. The molecule has 0 aliphatic carbocycles. The lowest BCUT2D eigenvalue weighted by Crippen LogP contribution is -2.53. The number of hydrogen-bond acceptors (Lipinski definition) is 0. The topological polar surface area (TPSA) is 0 Å². The van der Waals surface area contributed by atoms with Crippen LogP contribution in [0.5, 0.6) is 0 Å². The molecule has 0 saturated carbocycles. The fourth-order valence-corrected chi connectivity index (χ4v) is 3.76. The molecule has 0 N–H and O–H groups in total. The van der Waals surface area contributed by atoms with Crippen molar-refractivity contribution >= 4 is 23.1 Å². The van der Waals surface area contributed by atoms with Crippen molar-refractivity contribution in [3.63, 3.8) is 0 Å². The van der Waals surface area contributed by atoms with Crippen LogP contribution in [-0.2, 0) is 6.42 Å².